The van der Waals surface area contributed by atoms with Crippen LogP contribution in [0.25, 0.3) is 0 Å². The van der Waals surface area contributed by atoms with Crippen LogP contribution in [-0.2, 0) is 10.0 Å². The lowest BCUT2D eigenvalue weighted by atomic mass is 10.2. The van der Waals surface area contributed by atoms with Crippen molar-refractivity contribution in [3.05, 3.63) is 47.0 Å². The zero-order valence-electron chi connectivity index (χ0n) is 10.1. The number of hydrogen-bond donors (Lipinski definition) is 2. The molecule has 0 aliphatic rings. The minimum atomic E-state index is -3.74. The predicted molar refractivity (Wildman–Crippen MR) is 75.6 cm³/mol. The molecule has 0 spiro atoms. The van der Waals surface area contributed by atoms with Crippen LogP contribution in [0.3, 0.4) is 0 Å². The van der Waals surface area contributed by atoms with Gasteiger partial charge in [0.05, 0.1) is 4.90 Å². The first kappa shape index (κ1) is 13.6. The van der Waals surface area contributed by atoms with Crippen LogP contribution in [0, 0.1) is 6.92 Å². The molecule has 1 aromatic carbocycles. The molecule has 0 atom stereocenters. The Morgan fingerprint density at radius 3 is 2.58 bits per heavy atom. The number of aromatic nitrogens is 1. The van der Waals surface area contributed by atoms with Crippen LogP contribution < -0.4 is 10.5 Å². The van der Waals surface area contributed by atoms with Crippen LogP contribution in [-0.4, -0.2) is 13.4 Å². The topological polar surface area (TPSA) is 85.1 Å². The number of nitrogens with one attached hydrogen (secondary N) is 1. The van der Waals surface area contributed by atoms with Crippen molar-refractivity contribution in [3.63, 3.8) is 0 Å². The van der Waals surface area contributed by atoms with Crippen LogP contribution in [0.4, 0.5) is 11.6 Å². The first-order chi connectivity index (χ1) is 8.90. The molecule has 3 N–H and O–H groups in total. The third-order valence-electron chi connectivity index (χ3n) is 2.52. The van der Waals surface area contributed by atoms with E-state index in [0.717, 1.165) is 0 Å². The summed E-state index contributed by atoms with van der Waals surface area (Å²) in [6.45, 7) is 1.64. The van der Waals surface area contributed by atoms with Gasteiger partial charge in [-0.2, -0.15) is 0 Å². The first-order valence-corrected chi connectivity index (χ1v) is 7.27. The number of nitrogens with two attached hydrogens (primary N) is 1. The van der Waals surface area contributed by atoms with Crippen LogP contribution in [0.1, 0.15) is 5.56 Å². The van der Waals surface area contributed by atoms with Crippen molar-refractivity contribution in [1.29, 1.82) is 0 Å². The smallest absolute Gasteiger partial charge is 0.263 e. The fraction of sp³-hybridized carbons (Fsp3) is 0.0833. The van der Waals surface area contributed by atoms with E-state index in [0.29, 0.717) is 10.6 Å². The Bertz CT molecular complexity index is 717. The number of rotatable bonds is 3. The Balaban J connectivity index is 2.41. The second kappa shape index (κ2) is 5.07. The zero-order chi connectivity index (χ0) is 14.0. The maximum Gasteiger partial charge on any atom is 0.263 e. The molecule has 1 aromatic heterocycles. The highest BCUT2D eigenvalue weighted by Crippen LogP contribution is 2.24. The van der Waals surface area contributed by atoms with Crippen LogP contribution in [0.5, 0.6) is 0 Å². The van der Waals surface area contributed by atoms with Gasteiger partial charge in [-0.05, 0) is 36.8 Å². The SMILES string of the molecule is Cc1c(Cl)cccc1S(=O)(=O)Nc1cccc(N)n1. The summed E-state index contributed by atoms with van der Waals surface area (Å²) in [5.74, 6) is 0.405. The Kier molecular flexibility index (Phi) is 3.64. The minimum Gasteiger partial charge on any atom is -0.384 e. The van der Waals surface area contributed by atoms with Crippen LogP contribution in [0.2, 0.25) is 5.02 Å². The van der Waals surface area contributed by atoms with E-state index in [1.807, 2.05) is 0 Å². The van der Waals surface area contributed by atoms with Crippen molar-refractivity contribution in [3.8, 4) is 0 Å². The van der Waals surface area contributed by atoms with Gasteiger partial charge in [0.1, 0.15) is 11.6 Å². The van der Waals surface area contributed by atoms with Crippen LogP contribution >= 0.6 is 11.6 Å². The summed E-state index contributed by atoms with van der Waals surface area (Å²) >= 11 is 5.92. The van der Waals surface area contributed by atoms with E-state index in [9.17, 15) is 8.42 Å². The normalized spacial score (nSPS) is 11.3. The van der Waals surface area contributed by atoms with Crippen molar-refractivity contribution < 1.29 is 8.42 Å². The van der Waals surface area contributed by atoms with Gasteiger partial charge in [0.2, 0.25) is 0 Å². The summed E-state index contributed by atoms with van der Waals surface area (Å²) in [7, 11) is -3.74. The molecule has 1 heterocycles. The van der Waals surface area contributed by atoms with E-state index in [1.54, 1.807) is 31.2 Å². The molecule has 0 aliphatic carbocycles. The maximum atomic E-state index is 12.2. The second-order valence-electron chi connectivity index (χ2n) is 3.92. The standard InChI is InChI=1S/C12H12ClN3O2S/c1-8-9(13)4-2-5-10(8)19(17,18)16-12-7-3-6-11(14)15-12/h2-7H,1H3,(H3,14,15,16). The molecule has 0 saturated heterocycles. The molecule has 19 heavy (non-hydrogen) atoms. The largest absolute Gasteiger partial charge is 0.384 e. The van der Waals surface area contributed by atoms with Crippen molar-refractivity contribution >= 4 is 33.3 Å². The van der Waals surface area contributed by atoms with E-state index in [1.165, 1.54) is 12.1 Å². The maximum absolute atomic E-state index is 12.2. The lowest BCUT2D eigenvalue weighted by Gasteiger charge is -2.10. The van der Waals surface area contributed by atoms with Gasteiger partial charge < -0.3 is 5.73 Å². The van der Waals surface area contributed by atoms with E-state index in [4.69, 9.17) is 17.3 Å². The lowest BCUT2D eigenvalue weighted by Crippen LogP contribution is -2.15. The molecule has 0 bridgehead atoms. The molecule has 0 aliphatic heterocycles. The molecule has 2 rings (SSSR count). The number of sulfonamides is 1. The Hall–Kier alpha value is -1.79. The summed E-state index contributed by atoms with van der Waals surface area (Å²) in [5.41, 5.74) is 5.99. The van der Waals surface area contributed by atoms with Gasteiger partial charge in [-0.3, -0.25) is 4.72 Å². The highest BCUT2D eigenvalue weighted by molar-refractivity contribution is 7.92. The van der Waals surface area contributed by atoms with Crippen molar-refractivity contribution in [2.45, 2.75) is 11.8 Å². The number of benzene rings is 1. The van der Waals surface area contributed by atoms with Gasteiger partial charge in [0.25, 0.3) is 10.0 Å². The summed E-state index contributed by atoms with van der Waals surface area (Å²) in [6, 6.07) is 9.41. The molecule has 5 nitrogen and oxygen atoms in total. The van der Waals surface area contributed by atoms with Gasteiger partial charge in [0.15, 0.2) is 0 Å². The Labute approximate surface area is 116 Å². The predicted octanol–water partition coefficient (Wildman–Crippen LogP) is 2.43. The highest BCUT2D eigenvalue weighted by atomic mass is 35.5. The van der Waals surface area contributed by atoms with Crippen molar-refractivity contribution in [2.24, 2.45) is 0 Å². The van der Waals surface area contributed by atoms with Gasteiger partial charge in [-0.1, -0.05) is 23.7 Å². The summed E-state index contributed by atoms with van der Waals surface area (Å²) in [5, 5.41) is 0.392. The van der Waals surface area contributed by atoms with Gasteiger partial charge >= 0.3 is 0 Å². The van der Waals surface area contributed by atoms with Gasteiger partial charge in [-0.15, -0.1) is 0 Å². The molecular weight excluding hydrogens is 286 g/mol. The molecule has 0 fully saturated rings. The average molecular weight is 298 g/mol. The van der Waals surface area contributed by atoms with E-state index in [-0.39, 0.29) is 16.5 Å². The Morgan fingerprint density at radius 1 is 1.21 bits per heavy atom. The quantitative estimate of drug-likeness (QED) is 0.911. The molecule has 0 radical (unpaired) electrons. The van der Waals surface area contributed by atoms with Crippen molar-refractivity contribution in [2.75, 3.05) is 10.5 Å². The third kappa shape index (κ3) is 2.97. The fourth-order valence-corrected chi connectivity index (χ4v) is 3.08. The number of pyridine rings is 1. The molecule has 0 amide bonds. The van der Waals surface area contributed by atoms with E-state index < -0.39 is 10.0 Å². The minimum absolute atomic E-state index is 0.115. The highest BCUT2D eigenvalue weighted by Gasteiger charge is 2.18. The number of nitrogen functional groups attached to an aromatic ring is 1. The van der Waals surface area contributed by atoms with Gasteiger partial charge in [0, 0.05) is 5.02 Å². The monoisotopic (exact) mass is 297 g/mol. The number of anilines is 2. The van der Waals surface area contributed by atoms with E-state index >= 15 is 0 Å². The molecule has 7 heteroatoms. The fourth-order valence-electron chi connectivity index (χ4n) is 1.58. The lowest BCUT2D eigenvalue weighted by molar-refractivity contribution is 0.600. The molecule has 2 aromatic rings. The number of halogens is 1. The van der Waals surface area contributed by atoms with Crippen molar-refractivity contribution in [1.82, 2.24) is 4.98 Å². The molecule has 0 saturated carbocycles. The first-order valence-electron chi connectivity index (χ1n) is 5.40. The molecule has 100 valence electrons. The third-order valence-corrected chi connectivity index (χ3v) is 4.43. The van der Waals surface area contributed by atoms with Gasteiger partial charge in [-0.25, -0.2) is 13.4 Å². The van der Waals surface area contributed by atoms with Crippen LogP contribution in [0.15, 0.2) is 41.3 Å². The van der Waals surface area contributed by atoms with E-state index in [2.05, 4.69) is 9.71 Å². The zero-order valence-corrected chi connectivity index (χ0v) is 11.7. The summed E-state index contributed by atoms with van der Waals surface area (Å²) < 4.78 is 26.8. The Morgan fingerprint density at radius 2 is 1.89 bits per heavy atom. The average Bonchev–Trinajstić information content (AvgIpc) is 2.32. The molecule has 0 unspecified atom stereocenters. The number of nitrogens with zero attached hydrogens (tertiary/aromatic N) is 1. The molecular formula is C12H12ClN3O2S. The summed E-state index contributed by atoms with van der Waals surface area (Å²) in [6.07, 6.45) is 0. The second-order valence-corrected chi connectivity index (χ2v) is 5.97. The summed E-state index contributed by atoms with van der Waals surface area (Å²) in [4.78, 5) is 4.01. The number of hydrogen-bond acceptors (Lipinski definition) is 4.